The number of aliphatic carboxylic acids is 1. The van der Waals surface area contributed by atoms with Gasteiger partial charge in [-0.05, 0) is 55.7 Å². The van der Waals surface area contributed by atoms with Crippen LogP contribution in [0.15, 0.2) is 18.2 Å². The number of carbonyl (C=O) groups is 4. The SMILES string of the molecule is CCCOC(=O)OC(C)C(C)C(c1ccc(OC(=O)CCC(C)C)c(OC(=O)CCC(C)C)c1)[C@H](N)C(=O)O. The minimum absolute atomic E-state index is 0.00938. The minimum Gasteiger partial charge on any atom is -0.480 e. The number of hydrogen-bond donors (Lipinski definition) is 2. The van der Waals surface area contributed by atoms with Gasteiger partial charge in [-0.1, -0.05) is 47.6 Å². The maximum atomic E-state index is 12.6. The Kier molecular flexibility index (Phi) is 14.5. The fourth-order valence-corrected chi connectivity index (χ4v) is 3.82. The first kappa shape index (κ1) is 33.9. The Bertz CT molecular complexity index is 960. The largest absolute Gasteiger partial charge is 0.508 e. The van der Waals surface area contributed by atoms with E-state index in [4.69, 9.17) is 24.7 Å². The summed E-state index contributed by atoms with van der Waals surface area (Å²) in [6.07, 6.45) is 0.589. The lowest BCUT2D eigenvalue weighted by atomic mass is 9.79. The van der Waals surface area contributed by atoms with E-state index in [1.54, 1.807) is 19.9 Å². The molecular weight excluding hydrogens is 506 g/mol. The molecule has 1 rings (SSSR count). The highest BCUT2D eigenvalue weighted by Crippen LogP contribution is 2.37. The second kappa shape index (κ2) is 16.7. The molecule has 0 radical (unpaired) electrons. The quantitative estimate of drug-likeness (QED) is 0.200. The van der Waals surface area contributed by atoms with Crippen molar-refractivity contribution in [3.63, 3.8) is 0 Å². The van der Waals surface area contributed by atoms with Crippen LogP contribution in [0.5, 0.6) is 11.5 Å². The highest BCUT2D eigenvalue weighted by Gasteiger charge is 2.36. The molecule has 0 spiro atoms. The van der Waals surface area contributed by atoms with E-state index in [2.05, 4.69) is 0 Å². The predicted octanol–water partition coefficient (Wildman–Crippen LogP) is 5.45. The van der Waals surface area contributed by atoms with Crippen LogP contribution >= 0.6 is 0 Å². The van der Waals surface area contributed by atoms with Crippen molar-refractivity contribution in [2.75, 3.05) is 6.61 Å². The molecule has 0 aliphatic heterocycles. The third-order valence-corrected chi connectivity index (χ3v) is 6.34. The van der Waals surface area contributed by atoms with Gasteiger partial charge in [-0.15, -0.1) is 0 Å². The van der Waals surface area contributed by atoms with Gasteiger partial charge >= 0.3 is 24.1 Å². The van der Waals surface area contributed by atoms with Crippen molar-refractivity contribution in [3.05, 3.63) is 23.8 Å². The van der Waals surface area contributed by atoms with Crippen molar-refractivity contribution in [2.45, 2.75) is 98.6 Å². The first-order valence-corrected chi connectivity index (χ1v) is 13.6. The molecule has 0 amide bonds. The Morgan fingerprint density at radius 2 is 1.41 bits per heavy atom. The van der Waals surface area contributed by atoms with Crippen molar-refractivity contribution >= 4 is 24.1 Å². The summed E-state index contributed by atoms with van der Waals surface area (Å²) in [5, 5.41) is 9.74. The summed E-state index contributed by atoms with van der Waals surface area (Å²) in [5.41, 5.74) is 6.52. The number of benzene rings is 1. The van der Waals surface area contributed by atoms with Crippen molar-refractivity contribution in [1.29, 1.82) is 0 Å². The summed E-state index contributed by atoms with van der Waals surface area (Å²) >= 11 is 0. The lowest BCUT2D eigenvalue weighted by Crippen LogP contribution is -2.42. The number of rotatable bonds is 16. The molecule has 0 aromatic heterocycles. The van der Waals surface area contributed by atoms with E-state index < -0.39 is 48.0 Å². The Balaban J connectivity index is 3.38. The number of carboxylic acids is 1. The summed E-state index contributed by atoms with van der Waals surface area (Å²) in [5.74, 6) is -3.05. The van der Waals surface area contributed by atoms with Gasteiger partial charge in [0.05, 0.1) is 6.61 Å². The van der Waals surface area contributed by atoms with Crippen LogP contribution in [-0.2, 0) is 23.9 Å². The Hall–Kier alpha value is -3.14. The molecule has 0 fully saturated rings. The van der Waals surface area contributed by atoms with Crippen LogP contribution in [0.3, 0.4) is 0 Å². The molecule has 0 saturated heterocycles. The Morgan fingerprint density at radius 1 is 0.872 bits per heavy atom. The second-order valence-electron chi connectivity index (χ2n) is 10.7. The molecule has 220 valence electrons. The van der Waals surface area contributed by atoms with Gasteiger partial charge in [-0.3, -0.25) is 14.4 Å². The van der Waals surface area contributed by atoms with Crippen LogP contribution in [0.2, 0.25) is 0 Å². The topological polar surface area (TPSA) is 151 Å². The standard InChI is InChI=1S/C29H45NO9/c1-8-15-36-29(35)37-20(7)19(6)26(27(30)28(33)34)21-11-12-22(38-24(31)13-9-17(2)3)23(16-21)39-25(32)14-10-18(4)5/h11-12,16-20,26-27H,8-10,13-15,30H2,1-7H3,(H,33,34)/t19?,20?,26?,27-/m0/s1. The van der Waals surface area contributed by atoms with Crippen LogP contribution in [0.1, 0.15) is 92.1 Å². The Labute approximate surface area is 231 Å². The average Bonchev–Trinajstić information content (AvgIpc) is 2.86. The van der Waals surface area contributed by atoms with E-state index in [-0.39, 0.29) is 36.9 Å². The molecule has 0 aliphatic carbocycles. The Morgan fingerprint density at radius 3 is 1.90 bits per heavy atom. The molecular formula is C29H45NO9. The zero-order chi connectivity index (χ0) is 29.7. The molecule has 3 N–H and O–H groups in total. The molecule has 1 aromatic rings. The van der Waals surface area contributed by atoms with E-state index in [9.17, 15) is 24.3 Å². The van der Waals surface area contributed by atoms with Crippen LogP contribution < -0.4 is 15.2 Å². The third kappa shape index (κ3) is 12.1. The number of carbonyl (C=O) groups excluding carboxylic acids is 3. The van der Waals surface area contributed by atoms with Crippen molar-refractivity contribution < 1.29 is 43.2 Å². The summed E-state index contributed by atoms with van der Waals surface area (Å²) < 4.78 is 21.4. The van der Waals surface area contributed by atoms with Gasteiger partial charge in [0, 0.05) is 24.7 Å². The molecule has 4 atom stereocenters. The second-order valence-corrected chi connectivity index (χ2v) is 10.7. The van der Waals surface area contributed by atoms with Crippen molar-refractivity contribution in [3.8, 4) is 11.5 Å². The monoisotopic (exact) mass is 551 g/mol. The molecule has 0 heterocycles. The fourth-order valence-electron chi connectivity index (χ4n) is 3.82. The minimum atomic E-state index is -1.37. The van der Waals surface area contributed by atoms with Gasteiger partial charge < -0.3 is 29.8 Å². The van der Waals surface area contributed by atoms with E-state index in [0.717, 1.165) is 0 Å². The predicted molar refractivity (Wildman–Crippen MR) is 146 cm³/mol. The summed E-state index contributed by atoms with van der Waals surface area (Å²) in [6.45, 7) is 13.3. The zero-order valence-corrected chi connectivity index (χ0v) is 24.2. The normalized spacial score (nSPS) is 14.3. The van der Waals surface area contributed by atoms with Crippen molar-refractivity contribution in [1.82, 2.24) is 0 Å². The molecule has 0 bridgehead atoms. The molecule has 3 unspecified atom stereocenters. The van der Waals surface area contributed by atoms with E-state index in [0.29, 0.717) is 30.7 Å². The third-order valence-electron chi connectivity index (χ3n) is 6.34. The van der Waals surface area contributed by atoms with Crippen LogP contribution in [0.25, 0.3) is 0 Å². The fraction of sp³-hybridized carbons (Fsp3) is 0.655. The molecule has 10 nitrogen and oxygen atoms in total. The average molecular weight is 552 g/mol. The van der Waals surface area contributed by atoms with E-state index >= 15 is 0 Å². The number of nitrogens with two attached hydrogens (primary N) is 1. The summed E-state index contributed by atoms with van der Waals surface area (Å²) in [6, 6.07) is 3.12. The summed E-state index contributed by atoms with van der Waals surface area (Å²) in [7, 11) is 0. The molecule has 0 saturated carbocycles. The van der Waals surface area contributed by atoms with Gasteiger partial charge in [0.2, 0.25) is 0 Å². The van der Waals surface area contributed by atoms with E-state index in [1.807, 2.05) is 34.6 Å². The molecule has 10 heteroatoms. The lowest BCUT2D eigenvalue weighted by Gasteiger charge is -2.31. The van der Waals surface area contributed by atoms with Crippen LogP contribution in [0.4, 0.5) is 4.79 Å². The van der Waals surface area contributed by atoms with E-state index in [1.165, 1.54) is 12.1 Å². The lowest BCUT2D eigenvalue weighted by molar-refractivity contribution is -0.140. The maximum Gasteiger partial charge on any atom is 0.508 e. The number of esters is 2. The first-order chi connectivity index (χ1) is 18.3. The zero-order valence-electron chi connectivity index (χ0n) is 24.2. The smallest absolute Gasteiger partial charge is 0.480 e. The highest BCUT2D eigenvalue weighted by atomic mass is 16.7. The summed E-state index contributed by atoms with van der Waals surface area (Å²) in [4.78, 5) is 49.0. The van der Waals surface area contributed by atoms with Gasteiger partial charge in [0.25, 0.3) is 0 Å². The molecule has 1 aromatic carbocycles. The van der Waals surface area contributed by atoms with Gasteiger partial charge in [0.15, 0.2) is 11.5 Å². The van der Waals surface area contributed by atoms with Crippen LogP contribution in [-0.4, -0.2) is 47.9 Å². The molecule has 39 heavy (non-hydrogen) atoms. The number of carboxylic acid groups (broad SMARTS) is 1. The molecule has 0 aliphatic rings. The van der Waals surface area contributed by atoms with Gasteiger partial charge in [-0.2, -0.15) is 0 Å². The first-order valence-electron chi connectivity index (χ1n) is 13.6. The van der Waals surface area contributed by atoms with Gasteiger partial charge in [-0.25, -0.2) is 4.79 Å². The van der Waals surface area contributed by atoms with Crippen LogP contribution in [0, 0.1) is 17.8 Å². The van der Waals surface area contributed by atoms with Crippen molar-refractivity contribution in [2.24, 2.45) is 23.5 Å². The number of hydrogen-bond acceptors (Lipinski definition) is 9. The maximum absolute atomic E-state index is 12.6. The van der Waals surface area contributed by atoms with Gasteiger partial charge in [0.1, 0.15) is 12.1 Å². The highest BCUT2D eigenvalue weighted by molar-refractivity contribution is 5.77. The number of ether oxygens (including phenoxy) is 4.